The van der Waals surface area contributed by atoms with Gasteiger partial charge in [0.1, 0.15) is 6.10 Å². The van der Waals surface area contributed by atoms with E-state index in [4.69, 9.17) is 22.7 Å². The third-order valence-electron chi connectivity index (χ3n) is 2.37. The number of thiocarbonyl (C=S) groups is 1. The van der Waals surface area contributed by atoms with Crippen LogP contribution >= 0.6 is 12.2 Å². The lowest BCUT2D eigenvalue weighted by molar-refractivity contribution is -0.135. The van der Waals surface area contributed by atoms with Crippen LogP contribution in [0.25, 0.3) is 0 Å². The van der Waals surface area contributed by atoms with Crippen LogP contribution in [0.1, 0.15) is 32.1 Å². The highest BCUT2D eigenvalue weighted by molar-refractivity contribution is 7.80. The zero-order chi connectivity index (χ0) is 11.1. The summed E-state index contributed by atoms with van der Waals surface area (Å²) in [5.41, 5.74) is 5.35. The van der Waals surface area contributed by atoms with Crippen molar-refractivity contribution in [2.24, 2.45) is 5.73 Å². The van der Waals surface area contributed by atoms with Crippen LogP contribution in [0.5, 0.6) is 0 Å². The van der Waals surface area contributed by atoms with E-state index in [2.05, 4.69) is 5.32 Å². The van der Waals surface area contributed by atoms with Crippen LogP contribution in [-0.4, -0.2) is 30.2 Å². The number of hydrogen-bond acceptors (Lipinski definition) is 3. The molecule has 0 aromatic heterocycles. The fourth-order valence-corrected chi connectivity index (χ4v) is 1.68. The summed E-state index contributed by atoms with van der Waals surface area (Å²) in [7, 11) is 0. The molecule has 4 nitrogen and oxygen atoms in total. The summed E-state index contributed by atoms with van der Waals surface area (Å²) in [6.45, 7) is 1.32. The van der Waals surface area contributed by atoms with Crippen LogP contribution in [0.3, 0.4) is 0 Å². The van der Waals surface area contributed by atoms with E-state index >= 15 is 0 Å². The van der Waals surface area contributed by atoms with E-state index in [1.807, 2.05) is 0 Å². The first-order valence-corrected chi connectivity index (χ1v) is 5.78. The van der Waals surface area contributed by atoms with Crippen molar-refractivity contribution in [3.8, 4) is 0 Å². The van der Waals surface area contributed by atoms with Gasteiger partial charge in [-0.3, -0.25) is 4.79 Å². The molecular formula is C10H18N2O2S. The first kappa shape index (κ1) is 12.4. The molecule has 0 spiro atoms. The minimum atomic E-state index is -0.247. The predicted molar refractivity (Wildman–Crippen MR) is 62.6 cm³/mol. The second-order valence-electron chi connectivity index (χ2n) is 3.72. The summed E-state index contributed by atoms with van der Waals surface area (Å²) in [4.78, 5) is 12.0. The van der Waals surface area contributed by atoms with Gasteiger partial charge in [-0.2, -0.15) is 0 Å². The largest absolute Gasteiger partial charge is 0.393 e. The highest BCUT2D eigenvalue weighted by Crippen LogP contribution is 2.12. The fraction of sp³-hybridized carbons (Fsp3) is 0.800. The molecule has 1 atom stereocenters. The smallest absolute Gasteiger partial charge is 0.249 e. The first-order chi connectivity index (χ1) is 7.20. The molecule has 15 heavy (non-hydrogen) atoms. The summed E-state index contributed by atoms with van der Waals surface area (Å²) in [5, 5.41) is 2.83. The molecule has 1 aliphatic heterocycles. The molecule has 1 saturated heterocycles. The van der Waals surface area contributed by atoms with Gasteiger partial charge < -0.3 is 15.8 Å². The topological polar surface area (TPSA) is 64.3 Å². The van der Waals surface area contributed by atoms with E-state index < -0.39 is 0 Å². The van der Waals surface area contributed by atoms with Crippen molar-refractivity contribution in [2.45, 2.75) is 38.2 Å². The zero-order valence-corrected chi connectivity index (χ0v) is 9.65. The van der Waals surface area contributed by atoms with Gasteiger partial charge >= 0.3 is 0 Å². The lowest BCUT2D eigenvalue weighted by atomic mass is 10.1. The number of nitrogens with two attached hydrogens (primary N) is 1. The van der Waals surface area contributed by atoms with Crippen molar-refractivity contribution in [3.63, 3.8) is 0 Å². The van der Waals surface area contributed by atoms with Crippen molar-refractivity contribution in [2.75, 3.05) is 13.2 Å². The van der Waals surface area contributed by atoms with Gasteiger partial charge in [0.2, 0.25) is 5.91 Å². The molecule has 1 heterocycles. The predicted octanol–water partition coefficient (Wildman–Crippen LogP) is 0.738. The van der Waals surface area contributed by atoms with E-state index in [9.17, 15) is 4.79 Å². The lowest BCUT2D eigenvalue weighted by Gasteiger charge is -2.21. The van der Waals surface area contributed by atoms with Crippen molar-refractivity contribution < 1.29 is 9.53 Å². The summed E-state index contributed by atoms with van der Waals surface area (Å²) in [6.07, 6.45) is 4.20. The molecule has 1 amide bonds. The molecule has 0 aromatic carbocycles. The molecule has 5 heteroatoms. The molecular weight excluding hydrogens is 212 g/mol. The van der Waals surface area contributed by atoms with Crippen molar-refractivity contribution in [1.29, 1.82) is 0 Å². The summed E-state index contributed by atoms with van der Waals surface area (Å²) < 4.78 is 5.36. The van der Waals surface area contributed by atoms with Gasteiger partial charge in [-0.15, -0.1) is 0 Å². The lowest BCUT2D eigenvalue weighted by Crippen LogP contribution is -2.38. The Balaban J connectivity index is 2.09. The van der Waals surface area contributed by atoms with Crippen molar-refractivity contribution in [3.05, 3.63) is 0 Å². The number of nitrogens with one attached hydrogen (secondary N) is 1. The van der Waals surface area contributed by atoms with Gasteiger partial charge in [-0.25, -0.2) is 0 Å². The number of hydrogen-bond donors (Lipinski definition) is 2. The minimum Gasteiger partial charge on any atom is -0.393 e. The van der Waals surface area contributed by atoms with E-state index in [-0.39, 0.29) is 12.0 Å². The van der Waals surface area contributed by atoms with Crippen LogP contribution in [0.15, 0.2) is 0 Å². The molecule has 1 fully saturated rings. The molecule has 0 aliphatic carbocycles. The molecule has 0 aromatic rings. The Hall–Kier alpha value is -0.680. The molecule has 0 saturated carbocycles. The van der Waals surface area contributed by atoms with Crippen molar-refractivity contribution in [1.82, 2.24) is 5.32 Å². The molecule has 1 rings (SSSR count). The Morgan fingerprint density at radius 1 is 1.53 bits per heavy atom. The average molecular weight is 230 g/mol. The molecule has 0 radical (unpaired) electrons. The Bertz CT molecular complexity index is 227. The maximum absolute atomic E-state index is 11.5. The van der Waals surface area contributed by atoms with E-state index in [0.717, 1.165) is 25.7 Å². The van der Waals surface area contributed by atoms with Gasteiger partial charge in [0.15, 0.2) is 0 Å². The monoisotopic (exact) mass is 230 g/mol. The summed E-state index contributed by atoms with van der Waals surface area (Å²) >= 11 is 4.74. The van der Waals surface area contributed by atoms with E-state index in [1.54, 1.807) is 0 Å². The van der Waals surface area contributed by atoms with E-state index in [0.29, 0.717) is 24.6 Å². The number of carbonyl (C=O) groups excluding carboxylic acids is 1. The van der Waals surface area contributed by atoms with Crippen LogP contribution in [0.2, 0.25) is 0 Å². The van der Waals surface area contributed by atoms with Gasteiger partial charge in [0, 0.05) is 13.2 Å². The van der Waals surface area contributed by atoms with Crippen LogP contribution in [0, 0.1) is 0 Å². The molecule has 1 aliphatic rings. The van der Waals surface area contributed by atoms with Gasteiger partial charge in [-0.05, 0) is 32.1 Å². The zero-order valence-electron chi connectivity index (χ0n) is 8.83. The van der Waals surface area contributed by atoms with Gasteiger partial charge in [0.25, 0.3) is 0 Å². The maximum atomic E-state index is 11.5. The maximum Gasteiger partial charge on any atom is 0.249 e. The fourth-order valence-electron chi connectivity index (χ4n) is 1.54. The second-order valence-corrected chi connectivity index (χ2v) is 4.24. The molecule has 3 N–H and O–H groups in total. The Labute approximate surface area is 95.5 Å². The summed E-state index contributed by atoms with van der Waals surface area (Å²) in [6, 6.07) is 0. The van der Waals surface area contributed by atoms with Gasteiger partial charge in [-0.1, -0.05) is 12.2 Å². The first-order valence-electron chi connectivity index (χ1n) is 5.38. The van der Waals surface area contributed by atoms with Crippen molar-refractivity contribution >= 4 is 23.1 Å². The highest BCUT2D eigenvalue weighted by Gasteiger charge is 2.20. The highest BCUT2D eigenvalue weighted by atomic mass is 32.1. The third-order valence-corrected chi connectivity index (χ3v) is 2.58. The quantitative estimate of drug-likeness (QED) is 0.540. The van der Waals surface area contributed by atoms with Gasteiger partial charge in [0.05, 0.1) is 4.99 Å². The number of rotatable bonds is 5. The molecule has 1 unspecified atom stereocenters. The number of carbonyl (C=O) groups is 1. The standard InChI is InChI=1S/C10H18N2O2S/c11-9(15)5-3-6-12-10(13)8-4-1-2-7-14-8/h8H,1-7H2,(H2,11,15)(H,12,13). The van der Waals surface area contributed by atoms with Crippen LogP contribution in [-0.2, 0) is 9.53 Å². The normalized spacial score (nSPS) is 20.9. The Morgan fingerprint density at radius 3 is 2.93 bits per heavy atom. The SMILES string of the molecule is NC(=S)CCCNC(=O)C1CCCCO1. The Morgan fingerprint density at radius 2 is 2.33 bits per heavy atom. The number of ether oxygens (including phenoxy) is 1. The Kier molecular flexibility index (Phi) is 5.57. The number of amides is 1. The second kappa shape index (κ2) is 6.74. The molecule has 0 bridgehead atoms. The minimum absolute atomic E-state index is 0.00219. The van der Waals surface area contributed by atoms with E-state index in [1.165, 1.54) is 0 Å². The third kappa shape index (κ3) is 5.09. The molecule has 86 valence electrons. The summed E-state index contributed by atoms with van der Waals surface area (Å²) in [5.74, 6) is -0.00219. The van der Waals surface area contributed by atoms with Crippen LogP contribution in [0.4, 0.5) is 0 Å². The van der Waals surface area contributed by atoms with Crippen LogP contribution < -0.4 is 11.1 Å². The average Bonchev–Trinajstić information content (AvgIpc) is 2.25.